The van der Waals surface area contributed by atoms with Gasteiger partial charge in [-0.25, -0.2) is 4.98 Å². The molecule has 6 nitrogen and oxygen atoms in total. The standard InChI is InChI=1S/C36H46N2O4/c1-5-8-12-28-17-19-29(20-18-28)13-9-10-24-42-34-23-16-27(4)32(38-34)22-21-30-14-11-15-31(25-30)37-33(39)26-36(6-2,7-3)35(40)41/h11,14-23,25H,5-10,12-13,24,26H2,1-4H3,(H,37,39)(H,40,41). The Bertz CT molecular complexity index is 1330. The van der Waals surface area contributed by atoms with E-state index in [-0.39, 0.29) is 12.3 Å². The zero-order valence-electron chi connectivity index (χ0n) is 25.6. The van der Waals surface area contributed by atoms with Crippen LogP contribution in [-0.2, 0) is 22.4 Å². The second kappa shape index (κ2) is 16.5. The summed E-state index contributed by atoms with van der Waals surface area (Å²) in [6.45, 7) is 8.47. The summed E-state index contributed by atoms with van der Waals surface area (Å²) >= 11 is 0. The Morgan fingerprint density at radius 3 is 2.24 bits per heavy atom. The maximum absolute atomic E-state index is 12.7. The number of anilines is 1. The number of carbonyl (C=O) groups excluding carboxylic acids is 1. The summed E-state index contributed by atoms with van der Waals surface area (Å²) in [6, 6.07) is 20.4. The molecule has 1 aromatic heterocycles. The molecule has 2 aromatic carbocycles. The van der Waals surface area contributed by atoms with E-state index in [1.807, 2.05) is 63.3 Å². The molecule has 0 fully saturated rings. The third-order valence-electron chi connectivity index (χ3n) is 7.97. The fraction of sp³-hybridized carbons (Fsp3) is 0.417. The van der Waals surface area contributed by atoms with Gasteiger partial charge in [0.05, 0.1) is 17.7 Å². The molecule has 3 aromatic rings. The minimum Gasteiger partial charge on any atom is -0.481 e. The molecule has 0 aliphatic carbocycles. The number of unbranched alkanes of at least 4 members (excludes halogenated alkanes) is 2. The van der Waals surface area contributed by atoms with Crippen molar-refractivity contribution in [1.82, 2.24) is 4.98 Å². The number of carbonyl (C=O) groups is 2. The number of amides is 1. The first-order valence-corrected chi connectivity index (χ1v) is 15.3. The number of benzene rings is 2. The third-order valence-corrected chi connectivity index (χ3v) is 7.97. The fourth-order valence-electron chi connectivity index (χ4n) is 4.92. The summed E-state index contributed by atoms with van der Waals surface area (Å²) in [5.41, 5.74) is 5.13. The topological polar surface area (TPSA) is 88.5 Å². The van der Waals surface area contributed by atoms with Crippen LogP contribution < -0.4 is 10.1 Å². The Kier molecular flexibility index (Phi) is 12.8. The van der Waals surface area contributed by atoms with Crippen molar-refractivity contribution >= 4 is 29.7 Å². The number of hydrogen-bond acceptors (Lipinski definition) is 4. The highest BCUT2D eigenvalue weighted by Gasteiger charge is 2.37. The first-order valence-electron chi connectivity index (χ1n) is 15.3. The molecule has 0 aliphatic rings. The van der Waals surface area contributed by atoms with Crippen LogP contribution >= 0.6 is 0 Å². The Morgan fingerprint density at radius 2 is 1.60 bits per heavy atom. The summed E-state index contributed by atoms with van der Waals surface area (Å²) in [5, 5.41) is 12.5. The van der Waals surface area contributed by atoms with Crippen molar-refractivity contribution in [1.29, 1.82) is 0 Å². The number of aliphatic carboxylic acids is 1. The molecule has 0 spiro atoms. The van der Waals surface area contributed by atoms with Crippen molar-refractivity contribution in [2.45, 2.75) is 85.5 Å². The van der Waals surface area contributed by atoms with Gasteiger partial charge >= 0.3 is 5.97 Å². The lowest BCUT2D eigenvalue weighted by Crippen LogP contribution is -2.34. The van der Waals surface area contributed by atoms with Crippen LogP contribution in [-0.4, -0.2) is 28.6 Å². The molecule has 0 aliphatic heterocycles. The second-order valence-corrected chi connectivity index (χ2v) is 11.1. The number of carboxylic acid groups (broad SMARTS) is 1. The summed E-state index contributed by atoms with van der Waals surface area (Å²) < 4.78 is 5.96. The van der Waals surface area contributed by atoms with Gasteiger partial charge in [-0.2, -0.15) is 0 Å². The fourth-order valence-corrected chi connectivity index (χ4v) is 4.92. The van der Waals surface area contributed by atoms with Gasteiger partial charge in [-0.1, -0.05) is 75.7 Å². The van der Waals surface area contributed by atoms with Crippen LogP contribution in [0.3, 0.4) is 0 Å². The third kappa shape index (κ3) is 9.86. The molecule has 3 rings (SSSR count). The number of ether oxygens (including phenoxy) is 1. The van der Waals surface area contributed by atoms with E-state index < -0.39 is 11.4 Å². The molecule has 0 saturated heterocycles. The van der Waals surface area contributed by atoms with E-state index in [0.717, 1.165) is 42.5 Å². The lowest BCUT2D eigenvalue weighted by Gasteiger charge is -2.25. The molecule has 0 unspecified atom stereocenters. The van der Waals surface area contributed by atoms with Gasteiger partial charge in [0, 0.05) is 18.2 Å². The van der Waals surface area contributed by atoms with Crippen LogP contribution in [0.2, 0.25) is 0 Å². The van der Waals surface area contributed by atoms with Crippen LogP contribution in [0.5, 0.6) is 5.88 Å². The van der Waals surface area contributed by atoms with Crippen LogP contribution in [0.4, 0.5) is 5.69 Å². The molecular formula is C36H46N2O4. The smallest absolute Gasteiger partial charge is 0.310 e. The van der Waals surface area contributed by atoms with Gasteiger partial charge in [0.2, 0.25) is 11.8 Å². The molecule has 1 amide bonds. The number of hydrogen-bond donors (Lipinski definition) is 2. The molecule has 0 atom stereocenters. The first-order chi connectivity index (χ1) is 20.3. The lowest BCUT2D eigenvalue weighted by molar-refractivity contribution is -0.151. The SMILES string of the molecule is CCCCc1ccc(CCCCOc2ccc(C)c(C=Cc3cccc(NC(=O)CC(CC)(CC)C(=O)O)c3)n2)cc1. The monoisotopic (exact) mass is 570 g/mol. The molecular weight excluding hydrogens is 524 g/mol. The zero-order chi connectivity index (χ0) is 30.4. The molecule has 6 heteroatoms. The summed E-state index contributed by atoms with van der Waals surface area (Å²) in [4.78, 5) is 29.1. The Hall–Kier alpha value is -3.93. The van der Waals surface area contributed by atoms with Gasteiger partial charge in [-0.15, -0.1) is 0 Å². The van der Waals surface area contributed by atoms with Crippen LogP contribution in [0, 0.1) is 12.3 Å². The number of aromatic nitrogens is 1. The Labute approximate surface area is 251 Å². The summed E-state index contributed by atoms with van der Waals surface area (Å²) in [6.07, 6.45) is 11.3. The summed E-state index contributed by atoms with van der Waals surface area (Å²) in [5.74, 6) is -0.628. The van der Waals surface area contributed by atoms with Gasteiger partial charge < -0.3 is 15.2 Å². The van der Waals surface area contributed by atoms with Crippen molar-refractivity contribution in [2.75, 3.05) is 11.9 Å². The number of aryl methyl sites for hydroxylation is 3. The van der Waals surface area contributed by atoms with Gasteiger partial charge in [0.1, 0.15) is 0 Å². The van der Waals surface area contributed by atoms with E-state index in [1.54, 1.807) is 6.07 Å². The number of pyridine rings is 1. The average molecular weight is 571 g/mol. The zero-order valence-corrected chi connectivity index (χ0v) is 25.6. The van der Waals surface area contributed by atoms with Crippen molar-refractivity contribution in [2.24, 2.45) is 5.41 Å². The van der Waals surface area contributed by atoms with Crippen LogP contribution in [0.1, 0.15) is 93.7 Å². The predicted molar refractivity (Wildman–Crippen MR) is 172 cm³/mol. The number of nitrogens with zero attached hydrogens (tertiary/aromatic N) is 1. The van der Waals surface area contributed by atoms with E-state index in [9.17, 15) is 14.7 Å². The highest BCUT2D eigenvalue weighted by Crippen LogP contribution is 2.31. The van der Waals surface area contributed by atoms with Gasteiger partial charge in [0.15, 0.2) is 0 Å². The Balaban J connectivity index is 1.51. The van der Waals surface area contributed by atoms with E-state index in [2.05, 4.69) is 41.5 Å². The molecule has 0 bridgehead atoms. The summed E-state index contributed by atoms with van der Waals surface area (Å²) in [7, 11) is 0. The number of carboxylic acids is 1. The maximum Gasteiger partial charge on any atom is 0.310 e. The molecule has 1 heterocycles. The van der Waals surface area contributed by atoms with Crippen molar-refractivity contribution in [3.63, 3.8) is 0 Å². The minimum absolute atomic E-state index is 0.0580. The minimum atomic E-state index is -1.04. The Morgan fingerprint density at radius 1 is 0.905 bits per heavy atom. The largest absolute Gasteiger partial charge is 0.481 e. The van der Waals surface area contributed by atoms with Gasteiger partial charge in [0.25, 0.3) is 0 Å². The van der Waals surface area contributed by atoms with E-state index in [1.165, 1.54) is 24.0 Å². The second-order valence-electron chi connectivity index (χ2n) is 11.1. The van der Waals surface area contributed by atoms with Crippen molar-refractivity contribution in [3.8, 4) is 5.88 Å². The maximum atomic E-state index is 12.7. The van der Waals surface area contributed by atoms with E-state index in [0.29, 0.717) is 31.0 Å². The van der Waals surface area contributed by atoms with E-state index in [4.69, 9.17) is 4.74 Å². The van der Waals surface area contributed by atoms with Crippen LogP contribution in [0.25, 0.3) is 12.2 Å². The van der Waals surface area contributed by atoms with Gasteiger partial charge in [-0.05, 0) is 92.3 Å². The number of nitrogens with one attached hydrogen (secondary N) is 1. The molecule has 42 heavy (non-hydrogen) atoms. The predicted octanol–water partition coefficient (Wildman–Crippen LogP) is 8.52. The molecule has 0 saturated carbocycles. The average Bonchev–Trinajstić information content (AvgIpc) is 2.99. The van der Waals surface area contributed by atoms with E-state index >= 15 is 0 Å². The first kappa shape index (κ1) is 32.6. The highest BCUT2D eigenvalue weighted by molar-refractivity contribution is 5.94. The quantitative estimate of drug-likeness (QED) is 0.159. The number of rotatable bonds is 17. The normalized spacial score (nSPS) is 11.5. The molecule has 2 N–H and O–H groups in total. The van der Waals surface area contributed by atoms with Gasteiger partial charge in [-0.3, -0.25) is 9.59 Å². The lowest BCUT2D eigenvalue weighted by atomic mass is 9.79. The van der Waals surface area contributed by atoms with Crippen molar-refractivity contribution < 1.29 is 19.4 Å². The highest BCUT2D eigenvalue weighted by atomic mass is 16.5. The van der Waals surface area contributed by atoms with Crippen molar-refractivity contribution in [3.05, 3.63) is 88.6 Å². The van der Waals surface area contributed by atoms with Crippen LogP contribution in [0.15, 0.2) is 60.7 Å². The molecule has 0 radical (unpaired) electrons. The molecule has 224 valence electrons.